The van der Waals surface area contributed by atoms with Gasteiger partial charge in [0.1, 0.15) is 5.75 Å². The summed E-state index contributed by atoms with van der Waals surface area (Å²) in [6, 6.07) is 11.7. The molecule has 3 heteroatoms. The Morgan fingerprint density at radius 2 is 1.79 bits per heavy atom. The summed E-state index contributed by atoms with van der Waals surface area (Å²) in [5, 5.41) is 2.00. The van der Waals surface area contributed by atoms with Crippen molar-refractivity contribution >= 4 is 16.7 Å². The lowest BCUT2D eigenvalue weighted by molar-refractivity contribution is 0.0771. The van der Waals surface area contributed by atoms with Crippen LogP contribution in [0, 0.1) is 0 Å². The van der Waals surface area contributed by atoms with Gasteiger partial charge in [0.2, 0.25) is 0 Å². The molecule has 0 saturated carbocycles. The molecule has 0 unspecified atom stereocenters. The second-order valence-electron chi connectivity index (χ2n) is 4.34. The summed E-state index contributed by atoms with van der Waals surface area (Å²) in [7, 11) is 1.60. The van der Waals surface area contributed by atoms with Crippen LogP contribution in [0.5, 0.6) is 5.75 Å². The lowest BCUT2D eigenvalue weighted by Gasteiger charge is -2.21. The Labute approximate surface area is 113 Å². The van der Waals surface area contributed by atoms with Gasteiger partial charge in [-0.1, -0.05) is 30.3 Å². The molecule has 19 heavy (non-hydrogen) atoms. The van der Waals surface area contributed by atoms with Crippen molar-refractivity contribution < 1.29 is 9.53 Å². The zero-order valence-electron chi connectivity index (χ0n) is 11.6. The van der Waals surface area contributed by atoms with Gasteiger partial charge in [0.05, 0.1) is 12.7 Å². The Balaban J connectivity index is 2.65. The summed E-state index contributed by atoms with van der Waals surface area (Å²) in [5.41, 5.74) is 0.657. The molecule has 0 atom stereocenters. The van der Waals surface area contributed by atoms with Crippen LogP contribution in [0.25, 0.3) is 10.8 Å². The Kier molecular flexibility index (Phi) is 4.05. The maximum atomic E-state index is 12.6. The van der Waals surface area contributed by atoms with Crippen LogP contribution in [0.3, 0.4) is 0 Å². The topological polar surface area (TPSA) is 29.5 Å². The van der Waals surface area contributed by atoms with Gasteiger partial charge in [-0.05, 0) is 30.7 Å². The fourth-order valence-corrected chi connectivity index (χ4v) is 2.31. The number of ether oxygens (including phenoxy) is 1. The van der Waals surface area contributed by atoms with Crippen LogP contribution in [0.2, 0.25) is 0 Å². The minimum Gasteiger partial charge on any atom is -0.496 e. The molecule has 0 heterocycles. The summed E-state index contributed by atoms with van der Waals surface area (Å²) in [4.78, 5) is 14.5. The molecule has 0 N–H and O–H groups in total. The molecule has 100 valence electrons. The average molecular weight is 257 g/mol. The Morgan fingerprint density at radius 1 is 1.11 bits per heavy atom. The lowest BCUT2D eigenvalue weighted by Crippen LogP contribution is -2.30. The molecule has 0 fully saturated rings. The predicted molar refractivity (Wildman–Crippen MR) is 77.8 cm³/mol. The molecule has 1 amide bonds. The number of rotatable bonds is 4. The van der Waals surface area contributed by atoms with E-state index in [0.29, 0.717) is 24.4 Å². The van der Waals surface area contributed by atoms with Gasteiger partial charge in [0.15, 0.2) is 0 Å². The van der Waals surface area contributed by atoms with Crippen molar-refractivity contribution in [2.75, 3.05) is 20.2 Å². The van der Waals surface area contributed by atoms with Gasteiger partial charge in [-0.2, -0.15) is 0 Å². The van der Waals surface area contributed by atoms with Crippen molar-refractivity contribution in [1.29, 1.82) is 0 Å². The summed E-state index contributed by atoms with van der Waals surface area (Å²) in [6.45, 7) is 5.36. The summed E-state index contributed by atoms with van der Waals surface area (Å²) in [5.74, 6) is 0.661. The molecule has 0 spiro atoms. The highest BCUT2D eigenvalue weighted by Gasteiger charge is 2.20. The average Bonchev–Trinajstić information content (AvgIpc) is 2.47. The molecule has 0 bridgehead atoms. The van der Waals surface area contributed by atoms with E-state index in [2.05, 4.69) is 0 Å². The summed E-state index contributed by atoms with van der Waals surface area (Å²) in [6.07, 6.45) is 0. The molecule has 0 aliphatic rings. The Hall–Kier alpha value is -2.03. The first kappa shape index (κ1) is 13.4. The zero-order chi connectivity index (χ0) is 13.8. The van der Waals surface area contributed by atoms with Crippen molar-refractivity contribution in [1.82, 2.24) is 4.90 Å². The number of benzene rings is 2. The van der Waals surface area contributed by atoms with Crippen LogP contribution in [0.15, 0.2) is 36.4 Å². The van der Waals surface area contributed by atoms with E-state index in [4.69, 9.17) is 4.74 Å². The van der Waals surface area contributed by atoms with Crippen molar-refractivity contribution in [3.05, 3.63) is 42.0 Å². The SMILES string of the molecule is CCN(CC)C(=O)c1c(OC)ccc2ccccc12. The standard InChI is InChI=1S/C16H19NO2/c1-4-17(5-2)16(18)15-13-9-7-6-8-12(13)10-11-14(15)19-3/h6-11H,4-5H2,1-3H3. The predicted octanol–water partition coefficient (Wildman–Crippen LogP) is 3.33. The number of amides is 1. The van der Waals surface area contributed by atoms with E-state index in [-0.39, 0.29) is 5.91 Å². The van der Waals surface area contributed by atoms with Crippen molar-refractivity contribution in [3.8, 4) is 5.75 Å². The second kappa shape index (κ2) is 5.74. The van der Waals surface area contributed by atoms with E-state index in [1.165, 1.54) is 0 Å². The van der Waals surface area contributed by atoms with Crippen LogP contribution in [0.1, 0.15) is 24.2 Å². The molecule has 0 saturated heterocycles. The molecule has 0 aliphatic carbocycles. The van der Waals surface area contributed by atoms with Gasteiger partial charge in [0.25, 0.3) is 5.91 Å². The molecule has 0 aliphatic heterocycles. The van der Waals surface area contributed by atoms with Gasteiger partial charge < -0.3 is 9.64 Å². The van der Waals surface area contributed by atoms with E-state index < -0.39 is 0 Å². The van der Waals surface area contributed by atoms with Gasteiger partial charge >= 0.3 is 0 Å². The lowest BCUT2D eigenvalue weighted by atomic mass is 10.0. The number of hydrogen-bond acceptors (Lipinski definition) is 2. The highest BCUT2D eigenvalue weighted by molar-refractivity contribution is 6.09. The minimum atomic E-state index is 0.0265. The van der Waals surface area contributed by atoms with E-state index >= 15 is 0 Å². The molecule has 2 aromatic rings. The molecule has 0 aromatic heterocycles. The third kappa shape index (κ3) is 2.41. The smallest absolute Gasteiger partial charge is 0.258 e. The normalized spacial score (nSPS) is 10.5. The van der Waals surface area contributed by atoms with Crippen molar-refractivity contribution in [2.24, 2.45) is 0 Å². The highest BCUT2D eigenvalue weighted by Crippen LogP contribution is 2.29. The van der Waals surface area contributed by atoms with Gasteiger partial charge in [-0.3, -0.25) is 4.79 Å². The molecule has 0 radical (unpaired) electrons. The quantitative estimate of drug-likeness (QED) is 0.840. The van der Waals surface area contributed by atoms with Crippen molar-refractivity contribution in [3.63, 3.8) is 0 Å². The first-order valence-electron chi connectivity index (χ1n) is 6.57. The van der Waals surface area contributed by atoms with E-state index in [1.807, 2.05) is 55.1 Å². The largest absolute Gasteiger partial charge is 0.496 e. The first-order valence-corrected chi connectivity index (χ1v) is 6.57. The van der Waals surface area contributed by atoms with E-state index in [0.717, 1.165) is 10.8 Å². The van der Waals surface area contributed by atoms with E-state index in [9.17, 15) is 4.79 Å². The Bertz CT molecular complexity index is 588. The molecule has 3 nitrogen and oxygen atoms in total. The number of hydrogen-bond donors (Lipinski definition) is 0. The second-order valence-corrected chi connectivity index (χ2v) is 4.34. The molecular formula is C16H19NO2. The zero-order valence-corrected chi connectivity index (χ0v) is 11.6. The van der Waals surface area contributed by atoms with Gasteiger partial charge in [-0.15, -0.1) is 0 Å². The van der Waals surface area contributed by atoms with Crippen LogP contribution in [-0.4, -0.2) is 31.0 Å². The summed E-state index contributed by atoms with van der Waals surface area (Å²) >= 11 is 0. The fraction of sp³-hybridized carbons (Fsp3) is 0.312. The minimum absolute atomic E-state index is 0.0265. The molecule has 2 rings (SSSR count). The van der Waals surface area contributed by atoms with Gasteiger partial charge in [-0.25, -0.2) is 0 Å². The van der Waals surface area contributed by atoms with Gasteiger partial charge in [0, 0.05) is 13.1 Å². The third-order valence-electron chi connectivity index (χ3n) is 3.38. The van der Waals surface area contributed by atoms with E-state index in [1.54, 1.807) is 7.11 Å². The summed E-state index contributed by atoms with van der Waals surface area (Å²) < 4.78 is 5.37. The number of carbonyl (C=O) groups excluding carboxylic acids is 1. The molecule has 2 aromatic carbocycles. The number of fused-ring (bicyclic) bond motifs is 1. The maximum absolute atomic E-state index is 12.6. The van der Waals surface area contributed by atoms with Crippen molar-refractivity contribution in [2.45, 2.75) is 13.8 Å². The monoisotopic (exact) mass is 257 g/mol. The fourth-order valence-electron chi connectivity index (χ4n) is 2.31. The van der Waals surface area contributed by atoms with Crippen LogP contribution >= 0.6 is 0 Å². The number of nitrogens with zero attached hydrogens (tertiary/aromatic N) is 1. The molecular weight excluding hydrogens is 238 g/mol. The van der Waals surface area contributed by atoms with Crippen LogP contribution in [-0.2, 0) is 0 Å². The highest BCUT2D eigenvalue weighted by atomic mass is 16.5. The number of methoxy groups -OCH3 is 1. The first-order chi connectivity index (χ1) is 9.22. The third-order valence-corrected chi connectivity index (χ3v) is 3.38. The maximum Gasteiger partial charge on any atom is 0.258 e. The van der Waals surface area contributed by atoms with Crippen LogP contribution < -0.4 is 4.74 Å². The van der Waals surface area contributed by atoms with Crippen LogP contribution in [0.4, 0.5) is 0 Å². The number of carbonyl (C=O) groups is 1. The Morgan fingerprint density at radius 3 is 2.42 bits per heavy atom.